The second kappa shape index (κ2) is 7.36. The Morgan fingerprint density at radius 1 is 1.16 bits per heavy atom. The summed E-state index contributed by atoms with van der Waals surface area (Å²) in [5, 5.41) is 3.30. The van der Waals surface area contributed by atoms with Crippen LogP contribution in [0.1, 0.15) is 22.2 Å². The second-order valence-electron chi connectivity index (χ2n) is 5.47. The Kier molecular flexibility index (Phi) is 5.00. The number of hydrogen-bond donors (Lipinski definition) is 1. The van der Waals surface area contributed by atoms with Crippen LogP contribution in [0.15, 0.2) is 54.7 Å². The van der Waals surface area contributed by atoms with Crippen molar-refractivity contribution in [2.75, 3.05) is 5.32 Å². The predicted molar refractivity (Wildman–Crippen MR) is 96.3 cm³/mol. The van der Waals surface area contributed by atoms with Gasteiger partial charge >= 0.3 is 0 Å². The van der Waals surface area contributed by atoms with Crippen molar-refractivity contribution in [1.82, 2.24) is 4.98 Å². The summed E-state index contributed by atoms with van der Waals surface area (Å²) in [5.74, 6) is -0.619. The van der Waals surface area contributed by atoms with Gasteiger partial charge in [-0.15, -0.1) is 11.3 Å². The van der Waals surface area contributed by atoms with Crippen LogP contribution in [0.25, 0.3) is 10.6 Å². The number of anilines is 1. The molecule has 0 saturated carbocycles. The average molecular weight is 354 g/mol. The average Bonchev–Trinajstić information content (AvgIpc) is 3.03. The van der Waals surface area contributed by atoms with E-state index < -0.39 is 0 Å². The van der Waals surface area contributed by atoms with Gasteiger partial charge in [-0.1, -0.05) is 24.3 Å². The lowest BCUT2D eigenvalue weighted by molar-refractivity contribution is -0.115. The van der Waals surface area contributed by atoms with Gasteiger partial charge in [0.05, 0.1) is 6.42 Å². The van der Waals surface area contributed by atoms with E-state index >= 15 is 0 Å². The Bertz CT molecular complexity index is 936. The van der Waals surface area contributed by atoms with E-state index in [1.165, 1.54) is 24.3 Å². The highest BCUT2D eigenvalue weighted by Gasteiger charge is 2.12. The fourth-order valence-electron chi connectivity index (χ4n) is 2.33. The third kappa shape index (κ3) is 4.16. The predicted octanol–water partition coefficient (Wildman–Crippen LogP) is 4.33. The molecule has 0 bridgehead atoms. The lowest BCUT2D eigenvalue weighted by atomic mass is 10.1. The first kappa shape index (κ1) is 17.0. The molecular formula is C19H15FN2O2S. The summed E-state index contributed by atoms with van der Waals surface area (Å²) in [6.45, 7) is 1.47. The molecule has 1 amide bonds. The van der Waals surface area contributed by atoms with E-state index in [9.17, 15) is 14.0 Å². The van der Waals surface area contributed by atoms with E-state index in [-0.39, 0.29) is 23.9 Å². The van der Waals surface area contributed by atoms with Crippen LogP contribution in [0.4, 0.5) is 10.1 Å². The first-order valence-corrected chi connectivity index (χ1v) is 8.45. The van der Waals surface area contributed by atoms with E-state index in [4.69, 9.17) is 0 Å². The number of thiazole rings is 1. The Morgan fingerprint density at radius 3 is 2.72 bits per heavy atom. The standard InChI is InChI=1S/C19H15FN2O2S/c1-12(23)13-5-4-6-14(9-13)22-18(24)10-15-11-21-19(25-15)16-7-2-3-8-17(16)20/h2-9,11H,10H2,1H3,(H,22,24). The number of aromatic nitrogens is 1. The van der Waals surface area contributed by atoms with Gasteiger partial charge < -0.3 is 5.32 Å². The molecule has 4 nitrogen and oxygen atoms in total. The van der Waals surface area contributed by atoms with Gasteiger partial charge in [0.15, 0.2) is 5.78 Å². The molecular weight excluding hydrogens is 339 g/mol. The maximum atomic E-state index is 13.8. The second-order valence-corrected chi connectivity index (χ2v) is 6.59. The maximum Gasteiger partial charge on any atom is 0.229 e. The quantitative estimate of drug-likeness (QED) is 0.694. The molecule has 0 atom stereocenters. The molecule has 1 aromatic heterocycles. The molecule has 0 unspecified atom stereocenters. The van der Waals surface area contributed by atoms with E-state index in [2.05, 4.69) is 10.3 Å². The molecule has 0 aliphatic heterocycles. The molecule has 25 heavy (non-hydrogen) atoms. The van der Waals surface area contributed by atoms with Gasteiger partial charge in [-0.2, -0.15) is 0 Å². The third-order valence-corrected chi connectivity index (χ3v) is 4.58. The number of halogens is 1. The number of amides is 1. The van der Waals surface area contributed by atoms with E-state index in [0.717, 1.165) is 4.88 Å². The molecule has 3 rings (SSSR count). The van der Waals surface area contributed by atoms with Gasteiger partial charge in [0.1, 0.15) is 10.8 Å². The Morgan fingerprint density at radius 2 is 1.96 bits per heavy atom. The molecule has 2 aromatic carbocycles. The van der Waals surface area contributed by atoms with Crippen molar-refractivity contribution in [1.29, 1.82) is 0 Å². The fraction of sp³-hybridized carbons (Fsp3) is 0.105. The number of benzene rings is 2. The van der Waals surface area contributed by atoms with Gasteiger partial charge in [0, 0.05) is 27.9 Å². The first-order chi connectivity index (χ1) is 12.0. The number of hydrogen-bond acceptors (Lipinski definition) is 4. The van der Waals surface area contributed by atoms with Gasteiger partial charge in [0.25, 0.3) is 0 Å². The van der Waals surface area contributed by atoms with Gasteiger partial charge in [-0.05, 0) is 31.2 Å². The lowest BCUT2D eigenvalue weighted by Gasteiger charge is -2.05. The van der Waals surface area contributed by atoms with Crippen LogP contribution in [0.5, 0.6) is 0 Å². The summed E-state index contributed by atoms with van der Waals surface area (Å²) in [6.07, 6.45) is 1.72. The summed E-state index contributed by atoms with van der Waals surface area (Å²) < 4.78 is 13.8. The highest BCUT2D eigenvalue weighted by molar-refractivity contribution is 7.15. The zero-order valence-corrected chi connectivity index (χ0v) is 14.3. The Labute approximate surface area is 148 Å². The Balaban J connectivity index is 1.69. The molecule has 3 aromatic rings. The number of rotatable bonds is 5. The molecule has 1 N–H and O–H groups in total. The normalized spacial score (nSPS) is 10.5. The largest absolute Gasteiger partial charge is 0.326 e. The van der Waals surface area contributed by atoms with Crippen molar-refractivity contribution in [3.63, 3.8) is 0 Å². The van der Waals surface area contributed by atoms with Crippen LogP contribution in [0.2, 0.25) is 0 Å². The summed E-state index contributed by atoms with van der Waals surface area (Å²) in [5.41, 5.74) is 1.53. The van der Waals surface area contributed by atoms with Gasteiger partial charge in [0.2, 0.25) is 5.91 Å². The molecule has 0 fully saturated rings. The summed E-state index contributed by atoms with van der Waals surface area (Å²) in [4.78, 5) is 28.5. The van der Waals surface area contributed by atoms with Crippen LogP contribution in [0, 0.1) is 5.82 Å². The number of carbonyl (C=O) groups is 2. The third-order valence-electron chi connectivity index (χ3n) is 3.55. The molecule has 0 radical (unpaired) electrons. The first-order valence-electron chi connectivity index (χ1n) is 7.63. The molecule has 0 saturated heterocycles. The highest BCUT2D eigenvalue weighted by Crippen LogP contribution is 2.27. The number of Topliss-reactive ketones (excluding diaryl/α,β-unsaturated/α-hetero) is 1. The minimum Gasteiger partial charge on any atom is -0.326 e. The van der Waals surface area contributed by atoms with E-state index in [1.807, 2.05) is 0 Å². The summed E-state index contributed by atoms with van der Waals surface area (Å²) in [7, 11) is 0. The molecule has 6 heteroatoms. The summed E-state index contributed by atoms with van der Waals surface area (Å²) in [6, 6.07) is 13.2. The van der Waals surface area contributed by atoms with E-state index in [1.54, 1.807) is 48.7 Å². The maximum absolute atomic E-state index is 13.8. The Hall–Kier alpha value is -2.86. The van der Waals surface area contributed by atoms with Gasteiger partial charge in [-0.3, -0.25) is 9.59 Å². The number of carbonyl (C=O) groups excluding carboxylic acids is 2. The highest BCUT2D eigenvalue weighted by atomic mass is 32.1. The molecule has 1 heterocycles. The van der Waals surface area contributed by atoms with Crippen molar-refractivity contribution in [3.05, 3.63) is 71.0 Å². The number of ketones is 1. The van der Waals surface area contributed by atoms with Gasteiger partial charge in [-0.25, -0.2) is 9.37 Å². The number of nitrogens with one attached hydrogen (secondary N) is 1. The molecule has 0 spiro atoms. The van der Waals surface area contributed by atoms with Crippen LogP contribution in [0.3, 0.4) is 0 Å². The van der Waals surface area contributed by atoms with Crippen molar-refractivity contribution in [2.24, 2.45) is 0 Å². The minimum absolute atomic E-state index is 0.0620. The van der Waals surface area contributed by atoms with Crippen LogP contribution in [-0.4, -0.2) is 16.7 Å². The SMILES string of the molecule is CC(=O)c1cccc(NC(=O)Cc2cnc(-c3ccccc3F)s2)c1. The molecule has 0 aliphatic carbocycles. The number of nitrogens with zero attached hydrogens (tertiary/aromatic N) is 1. The van der Waals surface area contributed by atoms with Crippen molar-refractivity contribution < 1.29 is 14.0 Å². The summed E-state index contributed by atoms with van der Waals surface area (Å²) >= 11 is 1.28. The van der Waals surface area contributed by atoms with Crippen LogP contribution < -0.4 is 5.32 Å². The monoisotopic (exact) mass is 354 g/mol. The lowest BCUT2D eigenvalue weighted by Crippen LogP contribution is -2.14. The zero-order valence-electron chi connectivity index (χ0n) is 13.5. The van der Waals surface area contributed by atoms with Crippen LogP contribution in [-0.2, 0) is 11.2 Å². The molecule has 0 aliphatic rings. The van der Waals surface area contributed by atoms with Crippen molar-refractivity contribution >= 4 is 28.7 Å². The van der Waals surface area contributed by atoms with Crippen molar-refractivity contribution in [3.8, 4) is 10.6 Å². The van der Waals surface area contributed by atoms with Crippen molar-refractivity contribution in [2.45, 2.75) is 13.3 Å². The van der Waals surface area contributed by atoms with E-state index in [0.29, 0.717) is 21.8 Å². The smallest absolute Gasteiger partial charge is 0.229 e. The fourth-order valence-corrected chi connectivity index (χ4v) is 3.27. The minimum atomic E-state index is -0.339. The van der Waals surface area contributed by atoms with Crippen LogP contribution >= 0.6 is 11.3 Å². The zero-order chi connectivity index (χ0) is 17.8. The molecule has 126 valence electrons. The topological polar surface area (TPSA) is 59.1 Å².